The van der Waals surface area contributed by atoms with Crippen LogP contribution >= 0.6 is 0 Å². The minimum absolute atomic E-state index is 0.0267. The molecule has 4 aromatic rings. The first kappa shape index (κ1) is 23.3. The van der Waals surface area contributed by atoms with Gasteiger partial charge in [-0.2, -0.15) is 4.31 Å². The minimum Gasteiger partial charge on any atom is -0.492 e. The van der Waals surface area contributed by atoms with Gasteiger partial charge in [-0.25, -0.2) is 8.42 Å². The second-order valence-corrected chi connectivity index (χ2v) is 10.2. The van der Waals surface area contributed by atoms with Crippen LogP contribution in [0.3, 0.4) is 0 Å². The number of anilines is 1. The molecule has 0 spiro atoms. The van der Waals surface area contributed by atoms with E-state index in [0.29, 0.717) is 31.1 Å². The van der Waals surface area contributed by atoms with E-state index in [2.05, 4.69) is 5.32 Å². The monoisotopic (exact) mass is 494 g/mol. The minimum atomic E-state index is -3.81. The van der Waals surface area contributed by atoms with Crippen LogP contribution in [-0.4, -0.2) is 51.5 Å². The van der Waals surface area contributed by atoms with Gasteiger partial charge in [0, 0.05) is 29.7 Å². The second-order valence-electron chi connectivity index (χ2n) is 8.26. The molecule has 0 unspecified atom stereocenters. The molecule has 1 aliphatic heterocycles. The van der Waals surface area contributed by atoms with Crippen molar-refractivity contribution in [3.8, 4) is 5.75 Å². The van der Waals surface area contributed by atoms with Crippen LogP contribution in [0.2, 0.25) is 0 Å². The lowest BCUT2D eigenvalue weighted by molar-refractivity contribution is -0.115. The van der Waals surface area contributed by atoms with E-state index in [1.165, 1.54) is 10.4 Å². The molecule has 2 heterocycles. The summed E-state index contributed by atoms with van der Waals surface area (Å²) in [7, 11) is -3.81. The van der Waals surface area contributed by atoms with Crippen molar-refractivity contribution in [2.24, 2.45) is 0 Å². The van der Waals surface area contributed by atoms with Gasteiger partial charge >= 0.3 is 0 Å². The summed E-state index contributed by atoms with van der Waals surface area (Å²) in [6.07, 6.45) is 1.68. The quantitative estimate of drug-likeness (QED) is 0.414. The summed E-state index contributed by atoms with van der Waals surface area (Å²) in [5, 5.41) is 5.81. The molecule has 8 nitrogen and oxygen atoms in total. The second kappa shape index (κ2) is 9.69. The SMILES string of the molecule is CCOc1ccc(NC(=O)Cc2coc3ccc4ccccc4c23)cc1S(=O)(=O)N1CCOCC1. The molecule has 0 atom stereocenters. The third kappa shape index (κ3) is 4.62. The highest BCUT2D eigenvalue weighted by Crippen LogP contribution is 2.32. The van der Waals surface area contributed by atoms with Gasteiger partial charge in [0.1, 0.15) is 16.2 Å². The molecule has 3 aromatic carbocycles. The number of benzene rings is 3. The molecule has 1 aliphatic rings. The Morgan fingerprint density at radius 2 is 1.89 bits per heavy atom. The van der Waals surface area contributed by atoms with Gasteiger partial charge in [-0.1, -0.05) is 30.3 Å². The van der Waals surface area contributed by atoms with E-state index in [0.717, 1.165) is 21.7 Å². The number of morpholine rings is 1. The molecule has 0 bridgehead atoms. The van der Waals surface area contributed by atoms with Crippen molar-refractivity contribution in [2.45, 2.75) is 18.2 Å². The van der Waals surface area contributed by atoms with Gasteiger partial charge in [-0.05, 0) is 42.0 Å². The van der Waals surface area contributed by atoms with Crippen molar-refractivity contribution in [3.05, 3.63) is 66.4 Å². The van der Waals surface area contributed by atoms with Gasteiger partial charge in [0.15, 0.2) is 0 Å². The van der Waals surface area contributed by atoms with E-state index < -0.39 is 10.0 Å². The lowest BCUT2D eigenvalue weighted by Crippen LogP contribution is -2.40. The third-order valence-electron chi connectivity index (χ3n) is 6.01. The number of ether oxygens (including phenoxy) is 2. The molecule has 1 aromatic heterocycles. The van der Waals surface area contributed by atoms with Crippen LogP contribution in [0.25, 0.3) is 21.7 Å². The Hall–Kier alpha value is -3.40. The summed E-state index contributed by atoms with van der Waals surface area (Å²) < 4.78 is 44.6. The van der Waals surface area contributed by atoms with Crippen LogP contribution in [0.4, 0.5) is 5.69 Å². The van der Waals surface area contributed by atoms with E-state index >= 15 is 0 Å². The number of sulfonamides is 1. The predicted octanol–water partition coefficient (Wildman–Crippen LogP) is 4.19. The van der Waals surface area contributed by atoms with Crippen LogP contribution in [0.1, 0.15) is 12.5 Å². The molecule has 1 N–H and O–H groups in total. The van der Waals surface area contributed by atoms with Crippen LogP contribution in [0.15, 0.2) is 70.2 Å². The normalized spacial score (nSPS) is 14.9. The highest BCUT2D eigenvalue weighted by molar-refractivity contribution is 7.89. The van der Waals surface area contributed by atoms with Crippen LogP contribution in [-0.2, 0) is 26.0 Å². The number of hydrogen-bond donors (Lipinski definition) is 1. The maximum Gasteiger partial charge on any atom is 0.246 e. The molecule has 0 saturated carbocycles. The summed E-state index contributed by atoms with van der Waals surface area (Å²) in [6, 6.07) is 16.5. The fourth-order valence-corrected chi connectivity index (χ4v) is 5.94. The first-order chi connectivity index (χ1) is 17.0. The Kier molecular flexibility index (Phi) is 6.46. The zero-order valence-corrected chi connectivity index (χ0v) is 20.1. The van der Waals surface area contributed by atoms with E-state index in [1.807, 2.05) is 36.4 Å². The maximum absolute atomic E-state index is 13.3. The molecular weight excluding hydrogens is 468 g/mol. The topological polar surface area (TPSA) is 98.1 Å². The maximum atomic E-state index is 13.3. The van der Waals surface area contributed by atoms with Crippen molar-refractivity contribution in [1.82, 2.24) is 4.31 Å². The summed E-state index contributed by atoms with van der Waals surface area (Å²) in [6.45, 7) is 3.33. The number of carbonyl (C=O) groups excluding carboxylic acids is 1. The number of carbonyl (C=O) groups is 1. The van der Waals surface area contributed by atoms with Gasteiger partial charge in [0.2, 0.25) is 15.9 Å². The van der Waals surface area contributed by atoms with Crippen molar-refractivity contribution < 1.29 is 27.1 Å². The van der Waals surface area contributed by atoms with Gasteiger partial charge in [0.05, 0.1) is 32.5 Å². The first-order valence-corrected chi connectivity index (χ1v) is 12.9. The van der Waals surface area contributed by atoms with Gasteiger partial charge in [0.25, 0.3) is 0 Å². The summed E-state index contributed by atoms with van der Waals surface area (Å²) in [5.74, 6) is -0.0243. The van der Waals surface area contributed by atoms with Crippen molar-refractivity contribution in [1.29, 1.82) is 0 Å². The molecule has 1 saturated heterocycles. The predicted molar refractivity (Wildman–Crippen MR) is 133 cm³/mol. The molecule has 0 aliphatic carbocycles. The average molecular weight is 495 g/mol. The van der Waals surface area contributed by atoms with Crippen LogP contribution in [0.5, 0.6) is 5.75 Å². The Bertz CT molecular complexity index is 1490. The zero-order valence-electron chi connectivity index (χ0n) is 19.3. The van der Waals surface area contributed by atoms with Gasteiger partial charge in [-0.3, -0.25) is 4.79 Å². The number of nitrogens with zero attached hydrogens (tertiary/aromatic N) is 1. The Morgan fingerprint density at radius 3 is 2.69 bits per heavy atom. The number of nitrogens with one attached hydrogen (secondary N) is 1. The van der Waals surface area contributed by atoms with Crippen molar-refractivity contribution in [2.75, 3.05) is 38.2 Å². The summed E-state index contributed by atoms with van der Waals surface area (Å²) >= 11 is 0. The lowest BCUT2D eigenvalue weighted by atomic mass is 10.0. The molecule has 182 valence electrons. The molecule has 0 radical (unpaired) electrons. The number of amides is 1. The number of rotatable bonds is 7. The van der Waals surface area contributed by atoms with Crippen molar-refractivity contribution >= 4 is 43.4 Å². The Labute approximate surface area is 203 Å². The third-order valence-corrected chi connectivity index (χ3v) is 7.93. The zero-order chi connectivity index (χ0) is 24.4. The molecule has 5 rings (SSSR count). The van der Waals surface area contributed by atoms with Gasteiger partial charge in [-0.15, -0.1) is 0 Å². The number of hydrogen-bond acceptors (Lipinski definition) is 6. The molecule has 1 amide bonds. The molecule has 1 fully saturated rings. The smallest absolute Gasteiger partial charge is 0.246 e. The molecular formula is C26H26N2O6S. The number of fused-ring (bicyclic) bond motifs is 3. The fourth-order valence-electron chi connectivity index (χ4n) is 4.37. The van der Waals surface area contributed by atoms with E-state index in [-0.39, 0.29) is 36.1 Å². The highest BCUT2D eigenvalue weighted by Gasteiger charge is 2.30. The summed E-state index contributed by atoms with van der Waals surface area (Å²) in [4.78, 5) is 13.0. The number of furan rings is 1. The highest BCUT2D eigenvalue weighted by atomic mass is 32.2. The fraction of sp³-hybridized carbons (Fsp3) is 0.269. The van der Waals surface area contributed by atoms with E-state index in [1.54, 1.807) is 25.3 Å². The van der Waals surface area contributed by atoms with Crippen molar-refractivity contribution in [3.63, 3.8) is 0 Å². The van der Waals surface area contributed by atoms with E-state index in [4.69, 9.17) is 13.9 Å². The average Bonchev–Trinajstić information content (AvgIpc) is 3.28. The lowest BCUT2D eigenvalue weighted by Gasteiger charge is -2.27. The Balaban J connectivity index is 1.42. The first-order valence-electron chi connectivity index (χ1n) is 11.5. The van der Waals surface area contributed by atoms with Crippen LogP contribution < -0.4 is 10.1 Å². The molecule has 9 heteroatoms. The largest absolute Gasteiger partial charge is 0.492 e. The van der Waals surface area contributed by atoms with E-state index in [9.17, 15) is 13.2 Å². The summed E-state index contributed by atoms with van der Waals surface area (Å²) in [5.41, 5.74) is 1.86. The van der Waals surface area contributed by atoms with Crippen LogP contribution in [0, 0.1) is 0 Å². The Morgan fingerprint density at radius 1 is 1.09 bits per heavy atom. The van der Waals surface area contributed by atoms with Gasteiger partial charge < -0.3 is 19.2 Å². The molecule has 35 heavy (non-hydrogen) atoms. The standard InChI is InChI=1S/C26H26N2O6S/c1-2-33-22-10-8-20(16-24(22)35(30,31)28-11-13-32-14-12-28)27-25(29)15-19-17-34-23-9-7-18-5-3-4-6-21(18)26(19)23/h3-10,16-17H,2,11-15H2,1H3,(H,27,29).